The van der Waals surface area contributed by atoms with Crippen LogP contribution in [0.2, 0.25) is 0 Å². The summed E-state index contributed by atoms with van der Waals surface area (Å²) in [6, 6.07) is 8.25. The number of aromatic nitrogens is 2. The van der Waals surface area contributed by atoms with Gasteiger partial charge < -0.3 is 10.2 Å². The van der Waals surface area contributed by atoms with Gasteiger partial charge in [-0.05, 0) is 24.0 Å². The molecule has 0 fully saturated rings. The zero-order valence-corrected chi connectivity index (χ0v) is 12.4. The Labute approximate surface area is 125 Å². The molecule has 4 heteroatoms. The van der Waals surface area contributed by atoms with Crippen LogP contribution in [0.5, 0.6) is 0 Å². The molecule has 0 aliphatic carbocycles. The van der Waals surface area contributed by atoms with E-state index >= 15 is 0 Å². The molecule has 0 aliphatic heterocycles. The Hall–Kier alpha value is -1.78. The SMILES string of the molecule is OCCc1cc[n+](CCC[n+]2ccc(CCO)cc2)cc1. The fourth-order valence-electron chi connectivity index (χ4n) is 2.30. The van der Waals surface area contributed by atoms with E-state index in [1.165, 1.54) is 11.1 Å². The highest BCUT2D eigenvalue weighted by Crippen LogP contribution is 1.97. The van der Waals surface area contributed by atoms with Crippen LogP contribution in [0.3, 0.4) is 0 Å². The predicted octanol–water partition coefficient (Wildman–Crippen LogP) is 0.422. The van der Waals surface area contributed by atoms with Crippen molar-refractivity contribution < 1.29 is 19.3 Å². The second-order valence-corrected chi connectivity index (χ2v) is 5.19. The third-order valence-corrected chi connectivity index (χ3v) is 3.55. The van der Waals surface area contributed by atoms with Gasteiger partial charge in [-0.15, -0.1) is 0 Å². The summed E-state index contributed by atoms with van der Waals surface area (Å²) in [5, 5.41) is 17.8. The summed E-state index contributed by atoms with van der Waals surface area (Å²) < 4.78 is 4.34. The molecule has 2 heterocycles. The maximum atomic E-state index is 8.89. The number of rotatable bonds is 8. The largest absolute Gasteiger partial charge is 0.396 e. The predicted molar refractivity (Wildman–Crippen MR) is 79.5 cm³/mol. The Morgan fingerprint density at radius 1 is 0.667 bits per heavy atom. The van der Waals surface area contributed by atoms with Crippen molar-refractivity contribution in [3.63, 3.8) is 0 Å². The molecule has 0 bridgehead atoms. The Kier molecular flexibility index (Phi) is 6.31. The molecule has 0 radical (unpaired) electrons. The molecule has 4 nitrogen and oxygen atoms in total. The smallest absolute Gasteiger partial charge is 0.169 e. The minimum atomic E-state index is 0.201. The minimum Gasteiger partial charge on any atom is -0.396 e. The summed E-state index contributed by atoms with van der Waals surface area (Å²) in [6.45, 7) is 2.36. The lowest BCUT2D eigenvalue weighted by Crippen LogP contribution is -2.38. The van der Waals surface area contributed by atoms with Gasteiger partial charge in [0.2, 0.25) is 0 Å². The van der Waals surface area contributed by atoms with E-state index in [2.05, 4.69) is 58.2 Å². The van der Waals surface area contributed by atoms with E-state index in [1.807, 2.05) is 0 Å². The van der Waals surface area contributed by atoms with Crippen molar-refractivity contribution in [1.82, 2.24) is 0 Å². The molecule has 2 rings (SSSR count). The molecule has 2 aromatic heterocycles. The molecule has 0 atom stereocenters. The normalized spacial score (nSPS) is 10.8. The van der Waals surface area contributed by atoms with Gasteiger partial charge in [0.1, 0.15) is 0 Å². The maximum Gasteiger partial charge on any atom is 0.169 e. The third-order valence-electron chi connectivity index (χ3n) is 3.55. The van der Waals surface area contributed by atoms with Crippen molar-refractivity contribution in [2.75, 3.05) is 13.2 Å². The molecule has 0 aromatic carbocycles. The molecule has 2 N–H and O–H groups in total. The number of hydrogen-bond acceptors (Lipinski definition) is 2. The van der Waals surface area contributed by atoms with Crippen LogP contribution in [0.1, 0.15) is 17.5 Å². The van der Waals surface area contributed by atoms with Crippen LogP contribution in [0.15, 0.2) is 49.1 Å². The molecule has 2 aromatic rings. The molecule has 0 spiro atoms. The first-order chi connectivity index (χ1) is 10.3. The van der Waals surface area contributed by atoms with E-state index in [0.29, 0.717) is 0 Å². The number of hydrogen-bond donors (Lipinski definition) is 2. The summed E-state index contributed by atoms with van der Waals surface area (Å²) >= 11 is 0. The van der Waals surface area contributed by atoms with E-state index in [4.69, 9.17) is 10.2 Å². The number of aliphatic hydroxyl groups excluding tert-OH is 2. The van der Waals surface area contributed by atoms with Crippen LogP contribution in [-0.2, 0) is 25.9 Å². The van der Waals surface area contributed by atoms with Gasteiger partial charge >= 0.3 is 0 Å². The first-order valence-corrected chi connectivity index (χ1v) is 7.49. The van der Waals surface area contributed by atoms with Crippen LogP contribution in [0, 0.1) is 0 Å². The first-order valence-electron chi connectivity index (χ1n) is 7.49. The minimum absolute atomic E-state index is 0.201. The lowest BCUT2D eigenvalue weighted by atomic mass is 10.2. The molecule has 0 unspecified atom stereocenters. The van der Waals surface area contributed by atoms with Gasteiger partial charge in [0.25, 0.3) is 0 Å². The monoisotopic (exact) mass is 288 g/mol. The van der Waals surface area contributed by atoms with Crippen LogP contribution >= 0.6 is 0 Å². The van der Waals surface area contributed by atoms with Gasteiger partial charge in [0.05, 0.1) is 6.42 Å². The van der Waals surface area contributed by atoms with Gasteiger partial charge in [-0.25, -0.2) is 9.13 Å². The zero-order valence-electron chi connectivity index (χ0n) is 12.4. The van der Waals surface area contributed by atoms with E-state index in [1.54, 1.807) is 0 Å². The van der Waals surface area contributed by atoms with Gasteiger partial charge in [-0.3, -0.25) is 0 Å². The number of aliphatic hydroxyl groups is 2. The van der Waals surface area contributed by atoms with E-state index < -0.39 is 0 Å². The fraction of sp³-hybridized carbons (Fsp3) is 0.412. The fourth-order valence-corrected chi connectivity index (χ4v) is 2.30. The lowest BCUT2D eigenvalue weighted by Gasteiger charge is -2.00. The number of aryl methyl sites for hydroxylation is 2. The average molecular weight is 288 g/mol. The van der Waals surface area contributed by atoms with E-state index in [0.717, 1.165) is 32.4 Å². The average Bonchev–Trinajstić information content (AvgIpc) is 2.51. The Morgan fingerprint density at radius 3 is 1.38 bits per heavy atom. The third kappa shape index (κ3) is 5.25. The highest BCUT2D eigenvalue weighted by atomic mass is 16.3. The van der Waals surface area contributed by atoms with Crippen LogP contribution in [0.25, 0.3) is 0 Å². The molecule has 112 valence electrons. The summed E-state index contributed by atoms with van der Waals surface area (Å²) in [4.78, 5) is 0. The van der Waals surface area contributed by atoms with Crippen molar-refractivity contribution in [2.24, 2.45) is 0 Å². The Balaban J connectivity index is 1.78. The summed E-state index contributed by atoms with van der Waals surface area (Å²) in [5.41, 5.74) is 2.34. The second-order valence-electron chi connectivity index (χ2n) is 5.19. The molecule has 21 heavy (non-hydrogen) atoms. The number of pyridine rings is 2. The van der Waals surface area contributed by atoms with E-state index in [-0.39, 0.29) is 13.2 Å². The maximum absolute atomic E-state index is 8.89. The Bertz CT molecular complexity index is 474. The second kappa shape index (κ2) is 8.49. The summed E-state index contributed by atoms with van der Waals surface area (Å²) in [7, 11) is 0. The van der Waals surface area contributed by atoms with Crippen LogP contribution in [0.4, 0.5) is 0 Å². The van der Waals surface area contributed by atoms with Crippen molar-refractivity contribution in [1.29, 1.82) is 0 Å². The molecule has 0 amide bonds. The zero-order chi connectivity index (χ0) is 14.9. The van der Waals surface area contributed by atoms with Crippen LogP contribution in [-0.4, -0.2) is 23.4 Å². The van der Waals surface area contributed by atoms with Gasteiger partial charge in [0, 0.05) is 37.5 Å². The van der Waals surface area contributed by atoms with Crippen molar-refractivity contribution in [3.8, 4) is 0 Å². The molecular formula is C17H24N2O2+2. The number of nitrogens with zero attached hydrogens (tertiary/aromatic N) is 2. The van der Waals surface area contributed by atoms with Gasteiger partial charge in [0.15, 0.2) is 37.9 Å². The Morgan fingerprint density at radius 2 is 1.05 bits per heavy atom. The molecule has 0 aliphatic rings. The van der Waals surface area contributed by atoms with E-state index in [9.17, 15) is 0 Å². The topological polar surface area (TPSA) is 48.2 Å². The summed E-state index contributed by atoms with van der Waals surface area (Å²) in [5.74, 6) is 0. The standard InChI is InChI=1S/C17H24N2O2/c20-14-6-16-2-10-18(11-3-16)8-1-9-19-12-4-17(5-13-19)7-15-21/h2-5,10-13,20-21H,1,6-9,14-15H2/q+2. The van der Waals surface area contributed by atoms with Gasteiger partial charge in [-0.2, -0.15) is 0 Å². The quantitative estimate of drug-likeness (QED) is 0.692. The highest BCUT2D eigenvalue weighted by Gasteiger charge is 2.05. The first kappa shape index (κ1) is 15.6. The molecule has 0 saturated carbocycles. The van der Waals surface area contributed by atoms with Crippen molar-refractivity contribution in [3.05, 3.63) is 60.2 Å². The van der Waals surface area contributed by atoms with Crippen LogP contribution < -0.4 is 9.13 Å². The molecular weight excluding hydrogens is 264 g/mol. The van der Waals surface area contributed by atoms with Crippen molar-refractivity contribution in [2.45, 2.75) is 32.4 Å². The van der Waals surface area contributed by atoms with Gasteiger partial charge in [-0.1, -0.05) is 0 Å². The van der Waals surface area contributed by atoms with Crippen molar-refractivity contribution >= 4 is 0 Å². The summed E-state index contributed by atoms with van der Waals surface area (Å²) in [6.07, 6.45) is 10.8. The highest BCUT2D eigenvalue weighted by molar-refractivity contribution is 5.07. The molecule has 0 saturated heterocycles. The lowest BCUT2D eigenvalue weighted by molar-refractivity contribution is -0.727.